The lowest BCUT2D eigenvalue weighted by molar-refractivity contribution is 0.392. The highest BCUT2D eigenvalue weighted by molar-refractivity contribution is 7.98. The number of rotatable bonds is 4. The number of nitrogens with zero attached hydrogens (tertiary/aromatic N) is 4. The van der Waals surface area contributed by atoms with Crippen LogP contribution in [0.5, 0.6) is 0 Å². The van der Waals surface area contributed by atoms with Gasteiger partial charge in [0.2, 0.25) is 0 Å². The first-order valence-corrected chi connectivity index (χ1v) is 9.05. The van der Waals surface area contributed by atoms with Crippen molar-refractivity contribution < 1.29 is 4.52 Å². The molecule has 0 aliphatic heterocycles. The Morgan fingerprint density at radius 1 is 1.12 bits per heavy atom. The minimum absolute atomic E-state index is 0.791. The largest absolute Gasteiger partial charge is 0.361 e. The fourth-order valence-corrected chi connectivity index (χ4v) is 4.23. The lowest BCUT2D eigenvalue weighted by atomic mass is 10.2. The summed E-state index contributed by atoms with van der Waals surface area (Å²) in [7, 11) is 0. The highest BCUT2D eigenvalue weighted by atomic mass is 32.2. The Labute approximate surface area is 144 Å². The molecule has 0 fully saturated rings. The second-order valence-corrected chi connectivity index (χ2v) is 6.92. The van der Waals surface area contributed by atoms with E-state index in [1.807, 2.05) is 26.0 Å². The third-order valence-electron chi connectivity index (χ3n) is 4.37. The van der Waals surface area contributed by atoms with Gasteiger partial charge in [-0.05, 0) is 45.2 Å². The predicted octanol–water partition coefficient (Wildman–Crippen LogP) is 3.92. The summed E-state index contributed by atoms with van der Waals surface area (Å²) in [6.45, 7) is 3.95. The number of fused-ring (bicyclic) bond motifs is 1. The van der Waals surface area contributed by atoms with Gasteiger partial charge in [-0.15, -0.1) is 11.8 Å². The molecule has 4 rings (SSSR count). The molecule has 24 heavy (non-hydrogen) atoms. The minimum atomic E-state index is 0.791. The molecule has 5 nitrogen and oxygen atoms in total. The highest BCUT2D eigenvalue weighted by Gasteiger charge is 2.21. The molecule has 0 spiro atoms. The maximum absolute atomic E-state index is 5.27. The summed E-state index contributed by atoms with van der Waals surface area (Å²) < 4.78 is 5.27. The molecule has 122 valence electrons. The number of hydrogen-bond acceptors (Lipinski definition) is 6. The predicted molar refractivity (Wildman–Crippen MR) is 92.8 cm³/mol. The summed E-state index contributed by atoms with van der Waals surface area (Å²) in [6, 6.07) is 3.92. The number of thioether (sulfide) groups is 1. The lowest BCUT2D eigenvalue weighted by Crippen LogP contribution is -2.00. The molecule has 0 amide bonds. The molecule has 0 bridgehead atoms. The van der Waals surface area contributed by atoms with Crippen molar-refractivity contribution in [2.75, 3.05) is 0 Å². The Hall–Kier alpha value is -2.21. The van der Waals surface area contributed by atoms with Gasteiger partial charge in [0.05, 0.1) is 5.69 Å². The van der Waals surface area contributed by atoms with Gasteiger partial charge < -0.3 is 4.52 Å². The molecule has 1 aliphatic rings. The van der Waals surface area contributed by atoms with Crippen LogP contribution in [0.15, 0.2) is 34.1 Å². The molecular weight excluding hydrogens is 320 g/mol. The number of aromatic nitrogens is 4. The Morgan fingerprint density at radius 2 is 1.96 bits per heavy atom. The van der Waals surface area contributed by atoms with E-state index in [-0.39, 0.29) is 0 Å². The Bertz CT molecular complexity index is 857. The van der Waals surface area contributed by atoms with Crippen LogP contribution in [0.2, 0.25) is 0 Å². The van der Waals surface area contributed by atoms with Crippen molar-refractivity contribution in [2.24, 2.45) is 0 Å². The van der Waals surface area contributed by atoms with E-state index >= 15 is 0 Å². The third kappa shape index (κ3) is 2.82. The molecule has 3 heterocycles. The molecule has 0 saturated heterocycles. The first kappa shape index (κ1) is 15.3. The van der Waals surface area contributed by atoms with Crippen molar-refractivity contribution in [1.29, 1.82) is 0 Å². The van der Waals surface area contributed by atoms with Crippen molar-refractivity contribution >= 4 is 11.8 Å². The molecule has 3 aromatic heterocycles. The van der Waals surface area contributed by atoms with Crippen LogP contribution in [-0.4, -0.2) is 20.1 Å². The van der Waals surface area contributed by atoms with Gasteiger partial charge in [-0.1, -0.05) is 5.16 Å². The molecule has 0 atom stereocenters. The second-order valence-electron chi connectivity index (χ2n) is 5.96. The Kier molecular flexibility index (Phi) is 4.06. The first-order valence-electron chi connectivity index (χ1n) is 8.07. The fraction of sp³-hybridized carbons (Fsp3) is 0.333. The van der Waals surface area contributed by atoms with Crippen LogP contribution in [-0.2, 0) is 18.6 Å². The summed E-state index contributed by atoms with van der Waals surface area (Å²) in [5.41, 5.74) is 5.64. The summed E-state index contributed by atoms with van der Waals surface area (Å²) in [6.07, 6.45) is 6.82. The molecule has 0 unspecified atom stereocenters. The molecule has 6 heteroatoms. The van der Waals surface area contributed by atoms with Gasteiger partial charge in [-0.2, -0.15) is 0 Å². The SMILES string of the molecule is Cc1noc(C)c1CSc1nc(-c2ccncc2)nc2c1CCC2. The van der Waals surface area contributed by atoms with Crippen LogP contribution in [0.25, 0.3) is 11.4 Å². The quantitative estimate of drug-likeness (QED) is 0.530. The zero-order chi connectivity index (χ0) is 16.5. The number of aryl methyl sites for hydroxylation is 3. The van der Waals surface area contributed by atoms with E-state index in [1.165, 1.54) is 11.3 Å². The van der Waals surface area contributed by atoms with Crippen molar-refractivity contribution in [2.45, 2.75) is 43.9 Å². The lowest BCUT2D eigenvalue weighted by Gasteiger charge is -2.10. The molecule has 3 aromatic rings. The number of pyridine rings is 1. The molecule has 0 aromatic carbocycles. The zero-order valence-electron chi connectivity index (χ0n) is 13.7. The Morgan fingerprint density at radius 3 is 2.71 bits per heavy atom. The van der Waals surface area contributed by atoms with Crippen LogP contribution >= 0.6 is 11.8 Å². The molecular formula is C18H18N4OS. The van der Waals surface area contributed by atoms with Gasteiger partial charge in [0.25, 0.3) is 0 Å². The van der Waals surface area contributed by atoms with Crippen molar-refractivity contribution in [3.63, 3.8) is 0 Å². The normalized spacial score (nSPS) is 13.2. The average molecular weight is 338 g/mol. The van der Waals surface area contributed by atoms with Crippen molar-refractivity contribution in [3.8, 4) is 11.4 Å². The Balaban J connectivity index is 1.68. The topological polar surface area (TPSA) is 64.7 Å². The molecule has 1 aliphatic carbocycles. The van der Waals surface area contributed by atoms with E-state index in [0.29, 0.717) is 0 Å². The molecule has 0 saturated carbocycles. The standard InChI is InChI=1S/C18H18N4OS/c1-11-15(12(2)23-22-11)10-24-18-14-4-3-5-16(14)20-17(21-18)13-6-8-19-9-7-13/h6-9H,3-5,10H2,1-2H3. The van der Waals surface area contributed by atoms with Gasteiger partial charge in [0.15, 0.2) is 5.82 Å². The van der Waals surface area contributed by atoms with Crippen molar-refractivity contribution in [3.05, 3.63) is 52.8 Å². The van der Waals surface area contributed by atoms with Crippen LogP contribution < -0.4 is 0 Å². The van der Waals surface area contributed by atoms with E-state index in [9.17, 15) is 0 Å². The van der Waals surface area contributed by atoms with Crippen molar-refractivity contribution in [1.82, 2.24) is 20.1 Å². The summed E-state index contributed by atoms with van der Waals surface area (Å²) >= 11 is 1.75. The van der Waals surface area contributed by atoms with E-state index in [4.69, 9.17) is 14.5 Å². The van der Waals surface area contributed by atoms with Crippen LogP contribution in [0.1, 0.15) is 34.7 Å². The maximum Gasteiger partial charge on any atom is 0.160 e. The fourth-order valence-electron chi connectivity index (χ4n) is 3.00. The summed E-state index contributed by atoms with van der Waals surface area (Å²) in [5, 5.41) is 5.13. The van der Waals surface area contributed by atoms with Gasteiger partial charge in [-0.3, -0.25) is 4.98 Å². The molecule has 0 N–H and O–H groups in total. The van der Waals surface area contributed by atoms with Crippen LogP contribution in [0, 0.1) is 13.8 Å². The van der Waals surface area contributed by atoms with Crippen LogP contribution in [0.4, 0.5) is 0 Å². The number of hydrogen-bond donors (Lipinski definition) is 0. The monoisotopic (exact) mass is 338 g/mol. The van der Waals surface area contributed by atoms with Gasteiger partial charge >= 0.3 is 0 Å². The van der Waals surface area contributed by atoms with E-state index in [2.05, 4.69) is 10.1 Å². The van der Waals surface area contributed by atoms with E-state index < -0.39 is 0 Å². The third-order valence-corrected chi connectivity index (χ3v) is 5.41. The van der Waals surface area contributed by atoms with Gasteiger partial charge in [-0.25, -0.2) is 9.97 Å². The second kappa shape index (κ2) is 6.36. The maximum atomic E-state index is 5.27. The van der Waals surface area contributed by atoms with E-state index in [0.717, 1.165) is 58.4 Å². The minimum Gasteiger partial charge on any atom is -0.361 e. The zero-order valence-corrected chi connectivity index (χ0v) is 14.6. The summed E-state index contributed by atoms with van der Waals surface area (Å²) in [5.74, 6) is 2.50. The average Bonchev–Trinajstić information content (AvgIpc) is 3.20. The smallest absolute Gasteiger partial charge is 0.160 e. The molecule has 0 radical (unpaired) electrons. The van der Waals surface area contributed by atoms with Gasteiger partial charge in [0.1, 0.15) is 10.8 Å². The van der Waals surface area contributed by atoms with E-state index in [1.54, 1.807) is 24.2 Å². The van der Waals surface area contributed by atoms with Gasteiger partial charge in [0, 0.05) is 40.5 Å². The first-order chi connectivity index (χ1) is 11.7. The summed E-state index contributed by atoms with van der Waals surface area (Å²) in [4.78, 5) is 13.7. The van der Waals surface area contributed by atoms with Crippen LogP contribution in [0.3, 0.4) is 0 Å². The highest BCUT2D eigenvalue weighted by Crippen LogP contribution is 2.34.